The van der Waals surface area contributed by atoms with E-state index in [4.69, 9.17) is 5.11 Å². The lowest BCUT2D eigenvalue weighted by molar-refractivity contribution is 0.212. The summed E-state index contributed by atoms with van der Waals surface area (Å²) >= 11 is 0. The first-order valence-corrected chi connectivity index (χ1v) is 2.11. The van der Waals surface area contributed by atoms with Crippen molar-refractivity contribution < 1.29 is 14.6 Å². The Morgan fingerprint density at radius 2 is 2.44 bits per heavy atom. The minimum absolute atomic E-state index is 0. The van der Waals surface area contributed by atoms with E-state index >= 15 is 0 Å². The van der Waals surface area contributed by atoms with Crippen molar-refractivity contribution in [3.05, 3.63) is 25.5 Å². The van der Waals surface area contributed by atoms with Gasteiger partial charge in [-0.2, -0.15) is 0 Å². The second kappa shape index (κ2) is 3.07. The first-order valence-electron chi connectivity index (χ1n) is 2.11. The van der Waals surface area contributed by atoms with Crippen LogP contribution in [0.15, 0.2) is 18.1 Å². The van der Waals surface area contributed by atoms with Gasteiger partial charge < -0.3 is 9.84 Å². The maximum absolute atomic E-state index is 9.73. The summed E-state index contributed by atoms with van der Waals surface area (Å²) in [6, 6.07) is 0. The summed E-state index contributed by atoms with van der Waals surface area (Å²) in [5, 5.41) is 8.68. The molecule has 0 spiro atoms. The molecule has 0 bridgehead atoms. The van der Waals surface area contributed by atoms with E-state index in [0.29, 0.717) is 0 Å². The van der Waals surface area contributed by atoms with Crippen LogP contribution in [0, 0.1) is 7.43 Å². The summed E-state index contributed by atoms with van der Waals surface area (Å²) in [4.78, 5) is 9.73. The number of hydrogen-bond donors (Lipinski definition) is 1. The van der Waals surface area contributed by atoms with E-state index in [1.54, 1.807) is 0 Å². The van der Waals surface area contributed by atoms with Crippen LogP contribution < -0.4 is 0 Å². The van der Waals surface area contributed by atoms with Gasteiger partial charge in [0.2, 0.25) is 5.76 Å². The second-order valence-corrected chi connectivity index (χ2v) is 1.36. The number of hydrogen-bond acceptors (Lipinski definition) is 3. The minimum atomic E-state index is -0.882. The van der Waals surface area contributed by atoms with Gasteiger partial charge in [0.05, 0.1) is 6.26 Å². The van der Waals surface area contributed by atoms with Gasteiger partial charge in [-0.25, -0.2) is 4.79 Å². The maximum Gasteiger partial charge on any atom is 0.218 e. The first kappa shape index (κ1) is 7.95. The van der Waals surface area contributed by atoms with Gasteiger partial charge in [0.1, 0.15) is 6.10 Å². The highest BCUT2D eigenvalue weighted by Gasteiger charge is 2.13. The van der Waals surface area contributed by atoms with Crippen LogP contribution in [-0.2, 0) is 9.53 Å². The van der Waals surface area contributed by atoms with Gasteiger partial charge in [-0.05, 0) is 6.08 Å². The molecule has 0 aromatic carbocycles. The number of ether oxygens (including phenoxy) is 1. The molecule has 1 aliphatic heterocycles. The molecular weight excluding hydrogens is 120 g/mol. The lowest BCUT2D eigenvalue weighted by atomic mass is 10.3. The van der Waals surface area contributed by atoms with Crippen LogP contribution in [0.2, 0.25) is 0 Å². The number of rotatable bonds is 0. The van der Waals surface area contributed by atoms with Crippen molar-refractivity contribution in [2.24, 2.45) is 0 Å². The Morgan fingerprint density at radius 3 is 2.67 bits per heavy atom. The summed E-state index contributed by atoms with van der Waals surface area (Å²) < 4.78 is 4.48. The first-order chi connectivity index (χ1) is 3.84. The Bertz CT molecular complexity index is 165. The van der Waals surface area contributed by atoms with E-state index < -0.39 is 6.10 Å². The fraction of sp³-hybridized carbons (Fsp3) is 0.167. The molecule has 0 fully saturated rings. The second-order valence-electron chi connectivity index (χ2n) is 1.36. The Balaban J connectivity index is 0.000000640. The van der Waals surface area contributed by atoms with Crippen molar-refractivity contribution in [1.82, 2.24) is 0 Å². The smallest absolute Gasteiger partial charge is 0.218 e. The van der Waals surface area contributed by atoms with Crippen LogP contribution >= 0.6 is 0 Å². The number of aliphatic hydroxyl groups is 1. The standard InChI is InChI=1S/C5H4O3.C/c6-3-5-4(7)1-2-8-5;/h1-2,4,7H;. The van der Waals surface area contributed by atoms with Crippen LogP contribution in [0.1, 0.15) is 0 Å². The fourth-order valence-corrected chi connectivity index (χ4v) is 0.429. The number of aliphatic hydroxyl groups excluding tert-OH is 1. The highest BCUT2D eigenvalue weighted by atomic mass is 16.5. The van der Waals surface area contributed by atoms with Crippen LogP contribution in [0.25, 0.3) is 0 Å². The molecule has 0 aliphatic carbocycles. The lowest BCUT2D eigenvalue weighted by Gasteiger charge is -1.93. The van der Waals surface area contributed by atoms with Crippen LogP contribution in [0.5, 0.6) is 0 Å². The van der Waals surface area contributed by atoms with Gasteiger partial charge in [0, 0.05) is 7.43 Å². The third-order valence-electron chi connectivity index (χ3n) is 0.825. The largest absolute Gasteiger partial charge is 0.455 e. The predicted molar refractivity (Wildman–Crippen MR) is 28.7 cm³/mol. The van der Waals surface area contributed by atoms with Crippen LogP contribution in [-0.4, -0.2) is 17.2 Å². The van der Waals surface area contributed by atoms with Crippen molar-refractivity contribution in [2.75, 3.05) is 0 Å². The minimum Gasteiger partial charge on any atom is -0.455 e. The average molecular weight is 124 g/mol. The van der Waals surface area contributed by atoms with Crippen molar-refractivity contribution in [3.63, 3.8) is 0 Å². The van der Waals surface area contributed by atoms with Gasteiger partial charge >= 0.3 is 0 Å². The highest BCUT2D eigenvalue weighted by molar-refractivity contribution is 5.53. The highest BCUT2D eigenvalue weighted by Crippen LogP contribution is 2.09. The molecule has 46 valence electrons. The van der Waals surface area contributed by atoms with Crippen molar-refractivity contribution in [3.8, 4) is 0 Å². The zero-order chi connectivity index (χ0) is 5.98. The summed E-state index contributed by atoms with van der Waals surface area (Å²) in [5.41, 5.74) is 0. The quantitative estimate of drug-likeness (QED) is 0.450. The average Bonchev–Trinajstić information content (AvgIpc) is 2.14. The molecule has 0 saturated carbocycles. The van der Waals surface area contributed by atoms with E-state index in [2.05, 4.69) is 4.74 Å². The van der Waals surface area contributed by atoms with E-state index in [0.717, 1.165) is 0 Å². The summed E-state index contributed by atoms with van der Waals surface area (Å²) in [6.07, 6.45) is 1.73. The molecule has 0 aromatic rings. The van der Waals surface area contributed by atoms with Gasteiger partial charge in [-0.1, -0.05) is 0 Å². The summed E-state index contributed by atoms with van der Waals surface area (Å²) in [6.45, 7) is 0. The monoisotopic (exact) mass is 124 g/mol. The third kappa shape index (κ3) is 1.42. The zero-order valence-electron chi connectivity index (χ0n) is 4.50. The molecule has 1 atom stereocenters. The molecule has 1 heterocycles. The molecule has 0 amide bonds. The molecule has 3 nitrogen and oxygen atoms in total. The predicted octanol–water partition coefficient (Wildman–Crippen LogP) is -0.312. The zero-order valence-corrected chi connectivity index (χ0v) is 4.50. The molecule has 9 heavy (non-hydrogen) atoms. The topological polar surface area (TPSA) is 46.5 Å². The van der Waals surface area contributed by atoms with Crippen molar-refractivity contribution in [2.45, 2.75) is 6.10 Å². The third-order valence-corrected chi connectivity index (χ3v) is 0.825. The lowest BCUT2D eigenvalue weighted by Crippen LogP contribution is -2.01. The van der Waals surface area contributed by atoms with Crippen LogP contribution in [0.3, 0.4) is 0 Å². The van der Waals surface area contributed by atoms with Crippen molar-refractivity contribution in [1.29, 1.82) is 0 Å². The molecule has 1 aliphatic rings. The van der Waals surface area contributed by atoms with Crippen molar-refractivity contribution >= 4 is 5.94 Å². The van der Waals surface area contributed by atoms with Gasteiger partial charge in [0.15, 0.2) is 5.94 Å². The molecule has 0 aromatic heterocycles. The molecule has 3 heteroatoms. The summed E-state index contributed by atoms with van der Waals surface area (Å²) in [7, 11) is 0. The van der Waals surface area contributed by atoms with E-state index in [1.807, 2.05) is 0 Å². The molecule has 4 radical (unpaired) electrons. The molecule has 1 unspecified atom stereocenters. The van der Waals surface area contributed by atoms with E-state index in [9.17, 15) is 4.79 Å². The number of carbonyl (C=O) groups excluding carboxylic acids is 1. The maximum atomic E-state index is 9.73. The Morgan fingerprint density at radius 1 is 1.78 bits per heavy atom. The van der Waals surface area contributed by atoms with Gasteiger partial charge in [0.25, 0.3) is 0 Å². The van der Waals surface area contributed by atoms with Crippen LogP contribution in [0.4, 0.5) is 0 Å². The molecule has 1 N–H and O–H groups in total. The normalized spacial score (nSPS) is 22.3. The Kier molecular flexibility index (Phi) is 2.71. The fourth-order valence-electron chi connectivity index (χ4n) is 0.429. The molecule has 0 saturated heterocycles. The summed E-state index contributed by atoms with van der Waals surface area (Å²) in [5.74, 6) is 1.38. The Labute approximate surface area is 53.3 Å². The Hall–Kier alpha value is -1.05. The van der Waals surface area contributed by atoms with E-state index in [-0.39, 0.29) is 13.2 Å². The molecular formula is C6H4O3. The SMILES string of the molecule is O=C=C1OC=CC1O.[C]. The van der Waals surface area contributed by atoms with Gasteiger partial charge in [-0.3, -0.25) is 0 Å². The van der Waals surface area contributed by atoms with Gasteiger partial charge in [-0.15, -0.1) is 0 Å². The van der Waals surface area contributed by atoms with E-state index in [1.165, 1.54) is 18.3 Å². The molecule has 1 rings (SSSR count).